The van der Waals surface area contributed by atoms with Gasteiger partial charge in [0.05, 0.1) is 0 Å². The Kier molecular flexibility index (Phi) is 4.79. The molecule has 22 heavy (non-hydrogen) atoms. The predicted molar refractivity (Wildman–Crippen MR) is 92.0 cm³/mol. The van der Waals surface area contributed by atoms with Gasteiger partial charge < -0.3 is 4.90 Å². The molecule has 0 unspecified atom stereocenters. The van der Waals surface area contributed by atoms with E-state index in [0.717, 1.165) is 31.5 Å². The van der Waals surface area contributed by atoms with Gasteiger partial charge in [-0.15, -0.1) is 0 Å². The molecular weight excluding hydrogens is 294 g/mol. The highest BCUT2D eigenvalue weighted by Gasteiger charge is 2.16. The zero-order valence-corrected chi connectivity index (χ0v) is 13.4. The van der Waals surface area contributed by atoms with Gasteiger partial charge in [-0.05, 0) is 55.2 Å². The van der Waals surface area contributed by atoms with Gasteiger partial charge in [0.2, 0.25) is 0 Å². The highest BCUT2D eigenvalue weighted by molar-refractivity contribution is 6.30. The fraction of sp³-hybridized carbons (Fsp3) is 0.316. The first-order valence-corrected chi connectivity index (χ1v) is 8.23. The standard InChI is InChI=1S/C19H20ClNO/c20-17-11-9-16(10-12-17)19(22)8-4-14-21-13-3-6-15-5-1-2-7-18(15)21/h1-2,5,7,9-12H,3-4,6,8,13-14H2. The number of ketones is 1. The lowest BCUT2D eigenvalue weighted by Crippen LogP contribution is -2.30. The Hall–Kier alpha value is -1.80. The topological polar surface area (TPSA) is 20.3 Å². The first-order chi connectivity index (χ1) is 10.7. The van der Waals surface area contributed by atoms with Crippen molar-refractivity contribution >= 4 is 23.1 Å². The van der Waals surface area contributed by atoms with Crippen molar-refractivity contribution in [2.24, 2.45) is 0 Å². The van der Waals surface area contributed by atoms with Gasteiger partial charge >= 0.3 is 0 Å². The van der Waals surface area contributed by atoms with Gasteiger partial charge in [0.15, 0.2) is 5.78 Å². The number of hydrogen-bond acceptors (Lipinski definition) is 2. The Balaban J connectivity index is 1.55. The van der Waals surface area contributed by atoms with Gasteiger partial charge in [-0.1, -0.05) is 29.8 Å². The minimum Gasteiger partial charge on any atom is -0.371 e. The molecule has 2 aromatic rings. The number of Topliss-reactive ketones (excluding diaryl/α,β-unsaturated/α-hetero) is 1. The van der Waals surface area contributed by atoms with E-state index in [4.69, 9.17) is 11.6 Å². The summed E-state index contributed by atoms with van der Waals surface area (Å²) in [6.07, 6.45) is 3.83. The monoisotopic (exact) mass is 313 g/mol. The fourth-order valence-electron chi connectivity index (χ4n) is 3.05. The molecule has 0 radical (unpaired) electrons. The first-order valence-electron chi connectivity index (χ1n) is 7.85. The number of carbonyl (C=O) groups is 1. The van der Waals surface area contributed by atoms with Crippen molar-refractivity contribution < 1.29 is 4.79 Å². The van der Waals surface area contributed by atoms with Gasteiger partial charge in [-0.25, -0.2) is 0 Å². The summed E-state index contributed by atoms with van der Waals surface area (Å²) < 4.78 is 0. The second-order valence-electron chi connectivity index (χ2n) is 5.75. The van der Waals surface area contributed by atoms with Crippen LogP contribution in [0.3, 0.4) is 0 Å². The lowest BCUT2D eigenvalue weighted by Gasteiger charge is -2.31. The number of aryl methyl sites for hydroxylation is 1. The molecule has 0 aromatic heterocycles. The van der Waals surface area contributed by atoms with Crippen molar-refractivity contribution in [2.45, 2.75) is 25.7 Å². The quantitative estimate of drug-likeness (QED) is 0.742. The molecule has 0 saturated carbocycles. The van der Waals surface area contributed by atoms with E-state index in [0.29, 0.717) is 11.4 Å². The maximum atomic E-state index is 12.2. The number of carbonyl (C=O) groups excluding carboxylic acids is 1. The van der Waals surface area contributed by atoms with Gasteiger partial charge in [0.25, 0.3) is 0 Å². The molecule has 0 aliphatic carbocycles. The zero-order chi connectivity index (χ0) is 15.4. The number of anilines is 1. The lowest BCUT2D eigenvalue weighted by molar-refractivity contribution is 0.0980. The van der Waals surface area contributed by atoms with Gasteiger partial charge in [-0.3, -0.25) is 4.79 Å². The maximum absolute atomic E-state index is 12.2. The van der Waals surface area contributed by atoms with Crippen molar-refractivity contribution in [3.63, 3.8) is 0 Å². The molecule has 0 atom stereocenters. The molecule has 0 fully saturated rings. The molecule has 3 heteroatoms. The molecule has 3 rings (SSSR count). The SMILES string of the molecule is O=C(CCCN1CCCc2ccccc21)c1ccc(Cl)cc1. The van der Waals surface area contributed by atoms with Crippen LogP contribution in [0.4, 0.5) is 5.69 Å². The molecule has 0 amide bonds. The summed E-state index contributed by atoms with van der Waals surface area (Å²) in [5.74, 6) is 0.196. The van der Waals surface area contributed by atoms with E-state index in [1.807, 2.05) is 0 Å². The van der Waals surface area contributed by atoms with E-state index in [2.05, 4.69) is 29.2 Å². The number of fused-ring (bicyclic) bond motifs is 1. The average molecular weight is 314 g/mol. The molecule has 0 saturated heterocycles. The van der Waals surface area contributed by atoms with Crippen molar-refractivity contribution in [3.05, 3.63) is 64.7 Å². The summed E-state index contributed by atoms with van der Waals surface area (Å²) in [5, 5.41) is 0.668. The predicted octanol–water partition coefficient (Wildman–Crippen LogP) is 4.76. The Labute approximate surface area is 136 Å². The van der Waals surface area contributed by atoms with Crippen LogP contribution >= 0.6 is 11.6 Å². The van der Waals surface area contributed by atoms with Crippen LogP contribution in [0.1, 0.15) is 35.2 Å². The van der Waals surface area contributed by atoms with Crippen LogP contribution in [0.25, 0.3) is 0 Å². The average Bonchev–Trinajstić information content (AvgIpc) is 2.55. The number of halogens is 1. The van der Waals surface area contributed by atoms with E-state index >= 15 is 0 Å². The molecule has 2 aromatic carbocycles. The van der Waals surface area contributed by atoms with Crippen LogP contribution in [0.2, 0.25) is 5.02 Å². The Morgan fingerprint density at radius 2 is 1.86 bits per heavy atom. The normalized spacial score (nSPS) is 13.8. The van der Waals surface area contributed by atoms with Crippen LogP contribution < -0.4 is 4.90 Å². The smallest absolute Gasteiger partial charge is 0.162 e. The summed E-state index contributed by atoms with van der Waals surface area (Å²) in [6, 6.07) is 15.8. The number of nitrogens with zero attached hydrogens (tertiary/aromatic N) is 1. The van der Waals surface area contributed by atoms with E-state index in [1.165, 1.54) is 17.7 Å². The van der Waals surface area contributed by atoms with Crippen molar-refractivity contribution in [1.82, 2.24) is 0 Å². The van der Waals surface area contributed by atoms with Crippen LogP contribution in [0.15, 0.2) is 48.5 Å². The number of hydrogen-bond donors (Lipinski definition) is 0. The van der Waals surface area contributed by atoms with Crippen LogP contribution in [0.5, 0.6) is 0 Å². The molecule has 114 valence electrons. The fourth-order valence-corrected chi connectivity index (χ4v) is 3.18. The Morgan fingerprint density at radius 3 is 2.68 bits per heavy atom. The number of para-hydroxylation sites is 1. The van der Waals surface area contributed by atoms with Crippen LogP contribution in [0, 0.1) is 0 Å². The van der Waals surface area contributed by atoms with Gasteiger partial charge in [0, 0.05) is 35.8 Å². The molecule has 2 nitrogen and oxygen atoms in total. The molecule has 1 aliphatic rings. The molecular formula is C19H20ClNO. The molecule has 0 bridgehead atoms. The van der Waals surface area contributed by atoms with Crippen molar-refractivity contribution in [1.29, 1.82) is 0 Å². The summed E-state index contributed by atoms with van der Waals surface area (Å²) in [4.78, 5) is 14.6. The summed E-state index contributed by atoms with van der Waals surface area (Å²) in [7, 11) is 0. The van der Waals surface area contributed by atoms with Crippen LogP contribution in [-0.4, -0.2) is 18.9 Å². The molecule has 1 heterocycles. The largest absolute Gasteiger partial charge is 0.371 e. The maximum Gasteiger partial charge on any atom is 0.162 e. The minimum atomic E-state index is 0.196. The second kappa shape index (κ2) is 6.97. The molecule has 0 N–H and O–H groups in total. The zero-order valence-electron chi connectivity index (χ0n) is 12.6. The van der Waals surface area contributed by atoms with E-state index in [-0.39, 0.29) is 5.78 Å². The van der Waals surface area contributed by atoms with E-state index < -0.39 is 0 Å². The summed E-state index contributed by atoms with van der Waals surface area (Å²) >= 11 is 5.85. The lowest BCUT2D eigenvalue weighted by atomic mass is 10.0. The van der Waals surface area contributed by atoms with Crippen molar-refractivity contribution in [2.75, 3.05) is 18.0 Å². The Morgan fingerprint density at radius 1 is 1.09 bits per heavy atom. The number of benzene rings is 2. The third-order valence-corrected chi connectivity index (χ3v) is 4.46. The van der Waals surface area contributed by atoms with Gasteiger partial charge in [0.1, 0.15) is 0 Å². The van der Waals surface area contributed by atoms with E-state index in [1.54, 1.807) is 24.3 Å². The third-order valence-electron chi connectivity index (χ3n) is 4.20. The molecule has 0 spiro atoms. The highest BCUT2D eigenvalue weighted by atomic mass is 35.5. The van der Waals surface area contributed by atoms with E-state index in [9.17, 15) is 4.79 Å². The first kappa shape index (κ1) is 15.1. The number of rotatable bonds is 5. The Bertz CT molecular complexity index is 651. The summed E-state index contributed by atoms with van der Waals surface area (Å²) in [6.45, 7) is 2.03. The van der Waals surface area contributed by atoms with Crippen LogP contribution in [-0.2, 0) is 6.42 Å². The minimum absolute atomic E-state index is 0.196. The highest BCUT2D eigenvalue weighted by Crippen LogP contribution is 2.26. The second-order valence-corrected chi connectivity index (χ2v) is 6.19. The summed E-state index contributed by atoms with van der Waals surface area (Å²) in [5.41, 5.74) is 3.52. The third kappa shape index (κ3) is 3.50. The molecule has 1 aliphatic heterocycles. The van der Waals surface area contributed by atoms with Crippen molar-refractivity contribution in [3.8, 4) is 0 Å². The van der Waals surface area contributed by atoms with Gasteiger partial charge in [-0.2, -0.15) is 0 Å².